The Hall–Kier alpha value is -2.77. The predicted molar refractivity (Wildman–Crippen MR) is 114 cm³/mol. The third-order valence-electron chi connectivity index (χ3n) is 4.05. The number of hydrogen-bond donors (Lipinski definition) is 0. The van der Waals surface area contributed by atoms with E-state index in [1.165, 1.54) is 28.3 Å². The number of para-hydroxylation sites is 1. The van der Waals surface area contributed by atoms with Gasteiger partial charge in [0, 0.05) is 6.07 Å². The van der Waals surface area contributed by atoms with Crippen molar-refractivity contribution in [3.63, 3.8) is 0 Å². The number of hydrogen-bond acceptors (Lipinski definition) is 5. The van der Waals surface area contributed by atoms with Crippen LogP contribution in [0, 0.1) is 10.1 Å². The fraction of sp³-hybridized carbons (Fsp3) is 0.100. The summed E-state index contributed by atoms with van der Waals surface area (Å²) >= 11 is 6.57. The summed E-state index contributed by atoms with van der Waals surface area (Å²) in [4.78, 5) is 25.3. The molecule has 1 fully saturated rings. The third kappa shape index (κ3) is 4.15. The first-order chi connectivity index (χ1) is 13.0. The SMILES string of the molecule is CCc1ccc(N2C(=O)/C(=C/C=C/c3ccccc3[N+](=O)[O-])SC2=S)cc1. The van der Waals surface area contributed by atoms with Crippen LogP contribution in [-0.4, -0.2) is 15.2 Å². The topological polar surface area (TPSA) is 63.5 Å². The number of anilines is 1. The number of nitrogens with zero attached hydrogens (tertiary/aromatic N) is 2. The highest BCUT2D eigenvalue weighted by Gasteiger charge is 2.32. The number of nitro groups is 1. The number of rotatable bonds is 5. The van der Waals surface area contributed by atoms with E-state index < -0.39 is 4.92 Å². The minimum absolute atomic E-state index is 0.0192. The van der Waals surface area contributed by atoms with Crippen molar-refractivity contribution in [2.45, 2.75) is 13.3 Å². The van der Waals surface area contributed by atoms with Crippen LogP contribution in [0.2, 0.25) is 0 Å². The second-order valence-corrected chi connectivity index (χ2v) is 7.41. The van der Waals surface area contributed by atoms with E-state index in [2.05, 4.69) is 6.92 Å². The number of aryl methyl sites for hydroxylation is 1. The lowest BCUT2D eigenvalue weighted by Crippen LogP contribution is -2.27. The summed E-state index contributed by atoms with van der Waals surface area (Å²) in [5.41, 5.74) is 2.42. The lowest BCUT2D eigenvalue weighted by atomic mass is 10.1. The van der Waals surface area contributed by atoms with Crippen LogP contribution in [0.3, 0.4) is 0 Å². The number of carbonyl (C=O) groups is 1. The Morgan fingerprint density at radius 3 is 2.56 bits per heavy atom. The van der Waals surface area contributed by atoms with Crippen LogP contribution < -0.4 is 4.90 Å². The van der Waals surface area contributed by atoms with E-state index in [1.54, 1.807) is 36.4 Å². The quantitative estimate of drug-likeness (QED) is 0.304. The van der Waals surface area contributed by atoms with E-state index in [1.807, 2.05) is 24.3 Å². The molecule has 136 valence electrons. The molecule has 0 N–H and O–H groups in total. The summed E-state index contributed by atoms with van der Waals surface area (Å²) in [5, 5.41) is 11.1. The summed E-state index contributed by atoms with van der Waals surface area (Å²) in [6.07, 6.45) is 5.81. The molecule has 7 heteroatoms. The zero-order chi connectivity index (χ0) is 19.4. The Morgan fingerprint density at radius 1 is 1.19 bits per heavy atom. The van der Waals surface area contributed by atoms with Gasteiger partial charge in [0.15, 0.2) is 4.32 Å². The van der Waals surface area contributed by atoms with Gasteiger partial charge in [-0.2, -0.15) is 0 Å². The zero-order valence-corrected chi connectivity index (χ0v) is 16.1. The lowest BCUT2D eigenvalue weighted by molar-refractivity contribution is -0.385. The largest absolute Gasteiger partial charge is 0.276 e. The van der Waals surface area contributed by atoms with Crippen molar-refractivity contribution in [1.29, 1.82) is 0 Å². The van der Waals surface area contributed by atoms with Crippen molar-refractivity contribution < 1.29 is 9.72 Å². The van der Waals surface area contributed by atoms with Gasteiger partial charge in [0.05, 0.1) is 21.1 Å². The average Bonchev–Trinajstić information content (AvgIpc) is 2.95. The first kappa shape index (κ1) is 19.0. The molecule has 5 nitrogen and oxygen atoms in total. The zero-order valence-electron chi connectivity index (χ0n) is 14.5. The summed E-state index contributed by atoms with van der Waals surface area (Å²) in [6.45, 7) is 2.07. The molecule has 1 heterocycles. The molecule has 0 aromatic heterocycles. The Balaban J connectivity index is 1.81. The Morgan fingerprint density at radius 2 is 1.89 bits per heavy atom. The van der Waals surface area contributed by atoms with Crippen molar-refractivity contribution in [1.82, 2.24) is 0 Å². The normalized spacial score (nSPS) is 15.9. The first-order valence-corrected chi connectivity index (χ1v) is 9.50. The van der Waals surface area contributed by atoms with E-state index in [-0.39, 0.29) is 11.6 Å². The molecule has 0 spiro atoms. The van der Waals surface area contributed by atoms with Crippen molar-refractivity contribution in [2.75, 3.05) is 4.90 Å². The number of carbonyl (C=O) groups excluding carboxylic acids is 1. The molecule has 2 aromatic rings. The molecule has 0 bridgehead atoms. The fourth-order valence-corrected chi connectivity index (χ4v) is 3.87. The molecule has 27 heavy (non-hydrogen) atoms. The third-order valence-corrected chi connectivity index (χ3v) is 5.37. The molecule has 0 radical (unpaired) electrons. The molecule has 1 aliphatic heterocycles. The molecule has 0 aliphatic carbocycles. The highest BCUT2D eigenvalue weighted by Crippen LogP contribution is 2.35. The minimum atomic E-state index is -0.431. The summed E-state index contributed by atoms with van der Waals surface area (Å²) in [6, 6.07) is 14.2. The van der Waals surface area contributed by atoms with E-state index in [4.69, 9.17) is 12.2 Å². The second-order valence-electron chi connectivity index (χ2n) is 5.73. The van der Waals surface area contributed by atoms with Crippen LogP contribution in [0.1, 0.15) is 18.1 Å². The molecular formula is C20H16N2O3S2. The summed E-state index contributed by atoms with van der Waals surface area (Å²) in [7, 11) is 0. The maximum absolute atomic E-state index is 12.7. The van der Waals surface area contributed by atoms with E-state index in [0.717, 1.165) is 12.1 Å². The molecule has 3 rings (SSSR count). The van der Waals surface area contributed by atoms with Gasteiger partial charge in [0.1, 0.15) is 0 Å². The molecule has 0 saturated carbocycles. The van der Waals surface area contributed by atoms with Gasteiger partial charge in [-0.05, 0) is 42.3 Å². The number of allylic oxidation sites excluding steroid dienone is 2. The lowest BCUT2D eigenvalue weighted by Gasteiger charge is -2.14. The number of thiocarbonyl (C=S) groups is 1. The van der Waals surface area contributed by atoms with Gasteiger partial charge >= 0.3 is 0 Å². The Kier molecular flexibility index (Phi) is 5.83. The molecule has 0 unspecified atom stereocenters. The Bertz CT molecular complexity index is 965. The van der Waals surface area contributed by atoms with Gasteiger partial charge in [0.25, 0.3) is 11.6 Å². The van der Waals surface area contributed by atoms with Gasteiger partial charge in [-0.1, -0.05) is 61.2 Å². The van der Waals surface area contributed by atoms with Crippen molar-refractivity contribution in [3.05, 3.63) is 86.8 Å². The molecular weight excluding hydrogens is 380 g/mol. The average molecular weight is 396 g/mol. The summed E-state index contributed by atoms with van der Waals surface area (Å²) < 4.78 is 0.467. The number of nitro benzene ring substituents is 1. The van der Waals surface area contributed by atoms with Gasteiger partial charge < -0.3 is 0 Å². The van der Waals surface area contributed by atoms with E-state index in [9.17, 15) is 14.9 Å². The van der Waals surface area contributed by atoms with Gasteiger partial charge in [-0.3, -0.25) is 19.8 Å². The maximum atomic E-state index is 12.7. The second kappa shape index (κ2) is 8.28. The van der Waals surface area contributed by atoms with Crippen LogP contribution >= 0.6 is 24.0 Å². The molecule has 0 atom stereocenters. The molecule has 1 amide bonds. The monoisotopic (exact) mass is 396 g/mol. The fourth-order valence-electron chi connectivity index (χ4n) is 2.62. The predicted octanol–water partition coefficient (Wildman–Crippen LogP) is 5.12. The van der Waals surface area contributed by atoms with Crippen LogP contribution in [0.25, 0.3) is 6.08 Å². The molecule has 2 aromatic carbocycles. The summed E-state index contributed by atoms with van der Waals surface area (Å²) in [5.74, 6) is -0.193. The number of amides is 1. The van der Waals surface area contributed by atoms with Crippen LogP contribution in [0.5, 0.6) is 0 Å². The highest BCUT2D eigenvalue weighted by molar-refractivity contribution is 8.27. The van der Waals surface area contributed by atoms with Crippen molar-refractivity contribution in [3.8, 4) is 0 Å². The first-order valence-electron chi connectivity index (χ1n) is 8.28. The maximum Gasteiger partial charge on any atom is 0.276 e. The van der Waals surface area contributed by atoms with Crippen LogP contribution in [-0.2, 0) is 11.2 Å². The van der Waals surface area contributed by atoms with Gasteiger partial charge in [0.2, 0.25) is 0 Å². The molecule has 1 aliphatic rings. The van der Waals surface area contributed by atoms with E-state index in [0.29, 0.717) is 14.8 Å². The van der Waals surface area contributed by atoms with Crippen molar-refractivity contribution in [2.24, 2.45) is 0 Å². The standard InChI is InChI=1S/C20H16N2O3S2/c1-2-14-10-12-16(13-11-14)21-19(23)18(27-20(21)26)9-5-7-15-6-3-4-8-17(15)22(24)25/h3-13H,2H2,1H3/b7-5+,18-9-. The van der Waals surface area contributed by atoms with E-state index >= 15 is 0 Å². The minimum Gasteiger partial charge on any atom is -0.268 e. The van der Waals surface area contributed by atoms with Gasteiger partial charge in [-0.25, -0.2) is 0 Å². The number of benzene rings is 2. The Labute approximate surface area is 166 Å². The van der Waals surface area contributed by atoms with Crippen LogP contribution in [0.4, 0.5) is 11.4 Å². The van der Waals surface area contributed by atoms with Gasteiger partial charge in [-0.15, -0.1) is 0 Å². The molecule has 1 saturated heterocycles. The highest BCUT2D eigenvalue weighted by atomic mass is 32.2. The van der Waals surface area contributed by atoms with Crippen molar-refractivity contribution >= 4 is 51.7 Å². The smallest absolute Gasteiger partial charge is 0.268 e. The van der Waals surface area contributed by atoms with Crippen LogP contribution in [0.15, 0.2) is 65.6 Å². The number of thioether (sulfide) groups is 1.